The van der Waals surface area contributed by atoms with E-state index in [1.807, 2.05) is 0 Å². The van der Waals surface area contributed by atoms with Crippen molar-refractivity contribution in [2.45, 2.75) is 80.8 Å². The number of ether oxygens (including phenoxy) is 2. The molecule has 0 aromatic heterocycles. The predicted molar refractivity (Wildman–Crippen MR) is 133 cm³/mol. The highest BCUT2D eigenvalue weighted by Gasteiger charge is 2.43. The topological polar surface area (TPSA) is 223 Å². The van der Waals surface area contributed by atoms with E-state index in [1.54, 1.807) is 25.1 Å². The number of hydrogen-bond acceptors (Lipinski definition) is 12. The average molecular weight is 542 g/mol. The lowest BCUT2D eigenvalue weighted by atomic mass is 9.93. The molecular formula is C25H35NO12. The molecule has 0 radical (unpaired) electrons. The van der Waals surface area contributed by atoms with E-state index >= 15 is 0 Å². The SMILES string of the molecule is Cc1cc(C=CC[C@H]2O[C@H](CO)[C@@H](O)[C@H](O)[C@@H]2O)c([N+](=O)[O-])cc1C=CC[C@H]1O[C@H](CO)[C@@H](O)[C@H](O)[C@@H]1O. The second-order valence-electron chi connectivity index (χ2n) is 9.54. The fraction of sp³-hybridized carbons (Fsp3) is 0.600. The lowest BCUT2D eigenvalue weighted by molar-refractivity contribution is -0.385. The number of aliphatic hydroxyl groups is 8. The van der Waals surface area contributed by atoms with Crippen molar-refractivity contribution >= 4 is 17.8 Å². The molecule has 0 saturated carbocycles. The van der Waals surface area contributed by atoms with Crippen LogP contribution in [0.25, 0.3) is 12.2 Å². The molecule has 2 aliphatic rings. The number of hydrogen-bond donors (Lipinski definition) is 8. The van der Waals surface area contributed by atoms with Gasteiger partial charge in [0.25, 0.3) is 5.69 Å². The Balaban J connectivity index is 1.72. The maximum atomic E-state index is 11.7. The molecule has 0 spiro atoms. The fourth-order valence-electron chi connectivity index (χ4n) is 4.61. The normalized spacial score (nSPS) is 36.2. The second kappa shape index (κ2) is 13.2. The quantitative estimate of drug-likeness (QED) is 0.131. The molecule has 0 amide bonds. The highest BCUT2D eigenvalue weighted by Crippen LogP contribution is 2.29. The summed E-state index contributed by atoms with van der Waals surface area (Å²) in [5.41, 5.74) is 1.29. The molecule has 3 rings (SSSR count). The molecular weight excluding hydrogens is 506 g/mol. The summed E-state index contributed by atoms with van der Waals surface area (Å²) in [7, 11) is 0. The molecule has 10 atom stereocenters. The van der Waals surface area contributed by atoms with Crippen LogP contribution < -0.4 is 0 Å². The van der Waals surface area contributed by atoms with E-state index in [1.165, 1.54) is 18.2 Å². The van der Waals surface area contributed by atoms with Gasteiger partial charge in [0.1, 0.15) is 48.8 Å². The minimum Gasteiger partial charge on any atom is -0.394 e. The Morgan fingerprint density at radius 2 is 1.16 bits per heavy atom. The molecule has 2 saturated heterocycles. The molecule has 38 heavy (non-hydrogen) atoms. The zero-order valence-electron chi connectivity index (χ0n) is 20.7. The van der Waals surface area contributed by atoms with E-state index in [9.17, 15) is 51.0 Å². The van der Waals surface area contributed by atoms with Crippen LogP contribution in [-0.4, -0.2) is 120 Å². The molecule has 2 heterocycles. The van der Waals surface area contributed by atoms with Crippen LogP contribution in [0, 0.1) is 17.0 Å². The van der Waals surface area contributed by atoms with Gasteiger partial charge < -0.3 is 50.3 Å². The Labute approximate surface area is 218 Å². The first-order valence-electron chi connectivity index (χ1n) is 12.2. The van der Waals surface area contributed by atoms with Crippen LogP contribution in [0.3, 0.4) is 0 Å². The molecule has 0 bridgehead atoms. The summed E-state index contributed by atoms with van der Waals surface area (Å²) in [6.45, 7) is 0.648. The standard InChI is InChI=1S/C25H35NO12/c1-12-8-14(5-3-7-17-21(30)25(34)23(32)19(11-28)38-17)15(26(35)36)9-13(12)4-2-6-16-20(29)24(33)22(31)18(10-27)37-16/h2-5,8-9,16-25,27-34H,6-7,10-11H2,1H3/t16-,17-,18-,19-,20-,21-,22-,23-,24-,25-/m1/s1. The van der Waals surface area contributed by atoms with Gasteiger partial charge in [0.05, 0.1) is 35.9 Å². The van der Waals surface area contributed by atoms with E-state index in [4.69, 9.17) is 9.47 Å². The van der Waals surface area contributed by atoms with Gasteiger partial charge in [0.15, 0.2) is 0 Å². The Hall–Kier alpha value is -2.30. The summed E-state index contributed by atoms with van der Waals surface area (Å²) in [5.74, 6) is 0. The van der Waals surface area contributed by atoms with E-state index in [0.717, 1.165) is 0 Å². The average Bonchev–Trinajstić information content (AvgIpc) is 2.89. The molecule has 1 aromatic carbocycles. The van der Waals surface area contributed by atoms with Crippen molar-refractivity contribution in [1.29, 1.82) is 0 Å². The third-order valence-electron chi connectivity index (χ3n) is 6.93. The summed E-state index contributed by atoms with van der Waals surface area (Å²) in [6, 6.07) is 2.96. The van der Waals surface area contributed by atoms with Gasteiger partial charge in [-0.15, -0.1) is 0 Å². The molecule has 13 nitrogen and oxygen atoms in total. The monoisotopic (exact) mass is 541 g/mol. The van der Waals surface area contributed by atoms with Gasteiger partial charge in [0.2, 0.25) is 0 Å². The van der Waals surface area contributed by atoms with Crippen LogP contribution in [-0.2, 0) is 9.47 Å². The van der Waals surface area contributed by atoms with Gasteiger partial charge in [-0.3, -0.25) is 10.1 Å². The van der Waals surface area contributed by atoms with Crippen molar-refractivity contribution in [2.75, 3.05) is 13.2 Å². The Bertz CT molecular complexity index is 1010. The Morgan fingerprint density at radius 3 is 1.58 bits per heavy atom. The van der Waals surface area contributed by atoms with Crippen LogP contribution >= 0.6 is 0 Å². The van der Waals surface area contributed by atoms with Gasteiger partial charge >= 0.3 is 0 Å². The Morgan fingerprint density at radius 1 is 0.737 bits per heavy atom. The molecule has 212 valence electrons. The smallest absolute Gasteiger partial charge is 0.277 e. The van der Waals surface area contributed by atoms with Crippen molar-refractivity contribution in [1.82, 2.24) is 0 Å². The summed E-state index contributed by atoms with van der Waals surface area (Å²) >= 11 is 0. The van der Waals surface area contributed by atoms with Gasteiger partial charge in [0, 0.05) is 6.07 Å². The van der Waals surface area contributed by atoms with E-state index in [-0.39, 0.29) is 24.1 Å². The van der Waals surface area contributed by atoms with Crippen molar-refractivity contribution < 1.29 is 55.2 Å². The van der Waals surface area contributed by atoms with Gasteiger partial charge in [-0.05, 0) is 37.0 Å². The first kappa shape index (κ1) is 30.2. The van der Waals surface area contributed by atoms with Crippen LogP contribution in [0.15, 0.2) is 24.3 Å². The number of aryl methyl sites for hydroxylation is 1. The Kier molecular flexibility index (Phi) is 10.5. The molecule has 2 aliphatic heterocycles. The molecule has 2 fully saturated rings. The number of nitro groups is 1. The van der Waals surface area contributed by atoms with Crippen molar-refractivity contribution in [2.24, 2.45) is 0 Å². The summed E-state index contributed by atoms with van der Waals surface area (Å²) in [4.78, 5) is 11.2. The molecule has 0 unspecified atom stereocenters. The summed E-state index contributed by atoms with van der Waals surface area (Å²) in [6.07, 6.45) is -6.25. The minimum absolute atomic E-state index is 0.0540. The third kappa shape index (κ3) is 6.63. The lowest BCUT2D eigenvalue weighted by Crippen LogP contribution is -2.58. The molecule has 8 N–H and O–H groups in total. The maximum absolute atomic E-state index is 11.7. The zero-order valence-corrected chi connectivity index (χ0v) is 20.7. The molecule has 1 aromatic rings. The minimum atomic E-state index is -1.51. The highest BCUT2D eigenvalue weighted by atomic mass is 16.6. The first-order valence-corrected chi connectivity index (χ1v) is 12.2. The van der Waals surface area contributed by atoms with Crippen molar-refractivity contribution in [3.63, 3.8) is 0 Å². The molecule has 13 heteroatoms. The van der Waals surface area contributed by atoms with E-state index in [2.05, 4.69) is 0 Å². The van der Waals surface area contributed by atoms with Crippen LogP contribution in [0.2, 0.25) is 0 Å². The predicted octanol–water partition coefficient (Wildman–Crippen LogP) is -1.61. The van der Waals surface area contributed by atoms with Crippen molar-refractivity contribution in [3.05, 3.63) is 51.1 Å². The van der Waals surface area contributed by atoms with E-state index < -0.39 is 79.2 Å². The van der Waals surface area contributed by atoms with E-state index in [0.29, 0.717) is 11.1 Å². The third-order valence-corrected chi connectivity index (χ3v) is 6.93. The van der Waals surface area contributed by atoms with Crippen LogP contribution in [0.1, 0.15) is 29.5 Å². The highest BCUT2D eigenvalue weighted by molar-refractivity contribution is 5.68. The zero-order chi connectivity index (χ0) is 28.1. The first-order chi connectivity index (χ1) is 18.0. The number of nitro benzene ring substituents is 1. The van der Waals surface area contributed by atoms with Crippen LogP contribution in [0.4, 0.5) is 5.69 Å². The van der Waals surface area contributed by atoms with Gasteiger partial charge in [-0.25, -0.2) is 0 Å². The van der Waals surface area contributed by atoms with Crippen LogP contribution in [0.5, 0.6) is 0 Å². The summed E-state index contributed by atoms with van der Waals surface area (Å²) in [5, 5.41) is 90.3. The summed E-state index contributed by atoms with van der Waals surface area (Å²) < 4.78 is 10.9. The second-order valence-corrected chi connectivity index (χ2v) is 9.54. The molecule has 0 aliphatic carbocycles. The number of aliphatic hydroxyl groups excluding tert-OH is 8. The van der Waals surface area contributed by atoms with Gasteiger partial charge in [-0.2, -0.15) is 0 Å². The fourth-order valence-corrected chi connectivity index (χ4v) is 4.61. The number of benzene rings is 1. The lowest BCUT2D eigenvalue weighted by Gasteiger charge is -2.39. The largest absolute Gasteiger partial charge is 0.394 e. The van der Waals surface area contributed by atoms with Gasteiger partial charge in [-0.1, -0.05) is 24.3 Å². The number of rotatable bonds is 9. The number of nitrogens with zero attached hydrogens (tertiary/aromatic N) is 1. The maximum Gasteiger partial charge on any atom is 0.277 e. The van der Waals surface area contributed by atoms with Crippen molar-refractivity contribution in [3.8, 4) is 0 Å².